The first-order chi connectivity index (χ1) is 11.8. The first kappa shape index (κ1) is 19.2. The van der Waals surface area contributed by atoms with Crippen LogP contribution in [0.15, 0.2) is 18.2 Å². The van der Waals surface area contributed by atoms with Crippen molar-refractivity contribution in [3.8, 4) is 0 Å². The van der Waals surface area contributed by atoms with E-state index in [1.165, 1.54) is 0 Å². The molecule has 4 heteroatoms. The van der Waals surface area contributed by atoms with Crippen LogP contribution in [0.5, 0.6) is 0 Å². The van der Waals surface area contributed by atoms with Crippen LogP contribution in [0.2, 0.25) is 0 Å². The molecular weight excluding hydrogens is 303 g/mol. The molecule has 0 amide bonds. The van der Waals surface area contributed by atoms with Crippen LogP contribution in [0, 0.1) is 5.82 Å². The third kappa shape index (κ3) is 4.93. The minimum atomic E-state index is -0.0391. The van der Waals surface area contributed by atoms with E-state index in [2.05, 4.69) is 10.2 Å². The van der Waals surface area contributed by atoms with E-state index in [1.54, 1.807) is 0 Å². The Labute approximate surface area is 146 Å². The summed E-state index contributed by atoms with van der Waals surface area (Å²) in [5.41, 5.74) is 1.57. The van der Waals surface area contributed by atoms with Gasteiger partial charge in [0.25, 0.3) is 0 Å². The lowest BCUT2D eigenvalue weighted by atomic mass is 10.0. The van der Waals surface area contributed by atoms with Gasteiger partial charge in [0.15, 0.2) is 0 Å². The highest BCUT2D eigenvalue weighted by molar-refractivity contribution is 5.50. The lowest BCUT2D eigenvalue weighted by Crippen LogP contribution is -2.41. The van der Waals surface area contributed by atoms with Gasteiger partial charge in [0.2, 0.25) is 0 Å². The van der Waals surface area contributed by atoms with Crippen LogP contribution in [0.25, 0.3) is 0 Å². The normalized spacial score (nSPS) is 19.8. The van der Waals surface area contributed by atoms with E-state index in [-0.39, 0.29) is 5.82 Å². The zero-order valence-electron chi connectivity index (χ0n) is 15.5. The molecular formula is C20H33FN2O. The second-order valence-electron chi connectivity index (χ2n) is 6.38. The van der Waals surface area contributed by atoms with Gasteiger partial charge < -0.3 is 15.0 Å². The number of halogens is 1. The van der Waals surface area contributed by atoms with Crippen molar-refractivity contribution >= 4 is 5.69 Å². The topological polar surface area (TPSA) is 24.5 Å². The lowest BCUT2D eigenvalue weighted by Gasteiger charge is -2.36. The fraction of sp³-hybridized carbons (Fsp3) is 0.700. The van der Waals surface area contributed by atoms with Crippen molar-refractivity contribution < 1.29 is 9.13 Å². The second-order valence-corrected chi connectivity index (χ2v) is 6.38. The minimum Gasteiger partial charge on any atom is -0.375 e. The summed E-state index contributed by atoms with van der Waals surface area (Å²) in [7, 11) is 0. The Hall–Kier alpha value is -1.13. The van der Waals surface area contributed by atoms with Crippen molar-refractivity contribution in [1.82, 2.24) is 5.32 Å². The van der Waals surface area contributed by atoms with Crippen molar-refractivity contribution in [2.75, 3.05) is 31.1 Å². The number of piperidine rings is 2. The van der Waals surface area contributed by atoms with Crippen LogP contribution in [-0.2, 0) is 11.2 Å². The highest BCUT2D eigenvalue weighted by Gasteiger charge is 2.25. The minimum absolute atomic E-state index is 0.0391. The zero-order valence-corrected chi connectivity index (χ0v) is 15.5. The van der Waals surface area contributed by atoms with E-state index >= 15 is 0 Å². The first-order valence-corrected chi connectivity index (χ1v) is 9.66. The molecule has 2 saturated heterocycles. The average Bonchev–Trinajstić information content (AvgIpc) is 2.65. The predicted octanol–water partition coefficient (Wildman–Crippen LogP) is 4.15. The van der Waals surface area contributed by atoms with Gasteiger partial charge in [-0.2, -0.15) is 0 Å². The number of ether oxygens (including phenoxy) is 1. The number of benzene rings is 1. The Bertz CT molecular complexity index is 481. The fourth-order valence-corrected chi connectivity index (χ4v) is 3.52. The molecule has 0 aromatic heterocycles. The molecule has 0 aliphatic carbocycles. The molecule has 3 nitrogen and oxygen atoms in total. The molecule has 0 bridgehead atoms. The predicted molar refractivity (Wildman–Crippen MR) is 99.3 cm³/mol. The molecule has 0 radical (unpaired) electrons. The summed E-state index contributed by atoms with van der Waals surface area (Å²) in [5.74, 6) is -0.0391. The van der Waals surface area contributed by atoms with Crippen molar-refractivity contribution in [2.24, 2.45) is 0 Å². The Morgan fingerprint density at radius 3 is 2.33 bits per heavy atom. The SMILES string of the molecule is CC.CCc1cccc(N2CCC(OC3CCNCC3)CC2)c1F. The monoisotopic (exact) mass is 336 g/mol. The maximum Gasteiger partial charge on any atom is 0.149 e. The maximum atomic E-state index is 14.4. The summed E-state index contributed by atoms with van der Waals surface area (Å²) in [4.78, 5) is 2.18. The molecule has 2 aliphatic heterocycles. The van der Waals surface area contributed by atoms with Gasteiger partial charge in [-0.25, -0.2) is 4.39 Å². The third-order valence-corrected chi connectivity index (χ3v) is 4.89. The largest absolute Gasteiger partial charge is 0.375 e. The van der Waals surface area contributed by atoms with Gasteiger partial charge in [-0.05, 0) is 56.8 Å². The molecule has 0 spiro atoms. The molecule has 0 saturated carbocycles. The number of nitrogens with zero attached hydrogens (tertiary/aromatic N) is 1. The summed E-state index contributed by atoms with van der Waals surface area (Å²) < 4.78 is 20.7. The van der Waals surface area contributed by atoms with Crippen molar-refractivity contribution in [3.05, 3.63) is 29.6 Å². The van der Waals surface area contributed by atoms with E-state index in [9.17, 15) is 4.39 Å². The fourth-order valence-electron chi connectivity index (χ4n) is 3.52. The Morgan fingerprint density at radius 1 is 1.08 bits per heavy atom. The van der Waals surface area contributed by atoms with Gasteiger partial charge in [0.05, 0.1) is 17.9 Å². The lowest BCUT2D eigenvalue weighted by molar-refractivity contribution is -0.0364. The zero-order chi connectivity index (χ0) is 17.4. The van der Waals surface area contributed by atoms with Gasteiger partial charge in [-0.3, -0.25) is 0 Å². The van der Waals surface area contributed by atoms with Crippen LogP contribution >= 0.6 is 0 Å². The third-order valence-electron chi connectivity index (χ3n) is 4.89. The highest BCUT2D eigenvalue weighted by Crippen LogP contribution is 2.27. The molecule has 2 fully saturated rings. The molecule has 1 N–H and O–H groups in total. The Balaban J connectivity index is 0.00000100. The van der Waals surface area contributed by atoms with E-state index < -0.39 is 0 Å². The van der Waals surface area contributed by atoms with Crippen LogP contribution in [0.1, 0.15) is 52.0 Å². The summed E-state index contributed by atoms with van der Waals surface area (Å²) in [6.45, 7) is 9.91. The molecule has 0 unspecified atom stereocenters. The second kappa shape index (κ2) is 10.00. The van der Waals surface area contributed by atoms with Gasteiger partial charge in [0.1, 0.15) is 5.82 Å². The highest BCUT2D eigenvalue weighted by atomic mass is 19.1. The van der Waals surface area contributed by atoms with E-state index in [4.69, 9.17) is 4.74 Å². The molecule has 3 rings (SSSR count). The van der Waals surface area contributed by atoms with E-state index in [0.717, 1.165) is 69.5 Å². The number of rotatable bonds is 4. The number of nitrogens with one attached hydrogen (secondary N) is 1. The molecule has 136 valence electrons. The maximum absolute atomic E-state index is 14.4. The summed E-state index contributed by atoms with van der Waals surface area (Å²) in [5, 5.41) is 3.37. The molecule has 1 aromatic rings. The van der Waals surface area contributed by atoms with Crippen LogP contribution < -0.4 is 10.2 Å². The summed E-state index contributed by atoms with van der Waals surface area (Å²) in [6, 6.07) is 5.75. The van der Waals surface area contributed by atoms with Crippen molar-refractivity contribution in [2.45, 2.75) is 65.1 Å². The number of aryl methyl sites for hydroxylation is 1. The standard InChI is InChI=1S/C18H27FN2O.C2H6/c1-2-14-4-3-5-17(18(14)19)21-12-8-16(9-13-21)22-15-6-10-20-11-7-15;1-2/h3-5,15-16,20H,2,6-13H2,1H3;1-2H3. The van der Waals surface area contributed by atoms with E-state index in [1.807, 2.05) is 39.0 Å². The molecule has 2 aliphatic rings. The van der Waals surface area contributed by atoms with Crippen LogP contribution in [0.4, 0.5) is 10.1 Å². The van der Waals surface area contributed by atoms with Crippen LogP contribution in [-0.4, -0.2) is 38.4 Å². The summed E-state index contributed by atoms with van der Waals surface area (Å²) >= 11 is 0. The van der Waals surface area contributed by atoms with Crippen molar-refractivity contribution in [3.63, 3.8) is 0 Å². The first-order valence-electron chi connectivity index (χ1n) is 9.66. The van der Waals surface area contributed by atoms with Gasteiger partial charge in [0, 0.05) is 13.1 Å². The average molecular weight is 336 g/mol. The molecule has 2 heterocycles. The van der Waals surface area contributed by atoms with Crippen LogP contribution in [0.3, 0.4) is 0 Å². The number of anilines is 1. The molecule has 0 atom stereocenters. The molecule has 24 heavy (non-hydrogen) atoms. The van der Waals surface area contributed by atoms with Gasteiger partial charge in [-0.15, -0.1) is 0 Å². The van der Waals surface area contributed by atoms with E-state index in [0.29, 0.717) is 12.2 Å². The Kier molecular flexibility index (Phi) is 8.00. The number of hydrogen-bond donors (Lipinski definition) is 1. The van der Waals surface area contributed by atoms with Crippen molar-refractivity contribution in [1.29, 1.82) is 0 Å². The number of hydrogen-bond acceptors (Lipinski definition) is 3. The Morgan fingerprint density at radius 2 is 1.71 bits per heavy atom. The quantitative estimate of drug-likeness (QED) is 0.894. The van der Waals surface area contributed by atoms with Gasteiger partial charge >= 0.3 is 0 Å². The summed E-state index contributed by atoms with van der Waals surface area (Å²) in [6.07, 6.45) is 5.74. The smallest absolute Gasteiger partial charge is 0.149 e. The molecule has 1 aromatic carbocycles. The van der Waals surface area contributed by atoms with Gasteiger partial charge in [-0.1, -0.05) is 32.9 Å².